The number of nitrogens with one attached hydrogen (secondary N) is 1. The number of hydrogen-bond acceptors (Lipinski definition) is 6. The van der Waals surface area contributed by atoms with Gasteiger partial charge in [-0.1, -0.05) is 6.58 Å². The first kappa shape index (κ1) is 21.6. The first-order chi connectivity index (χ1) is 15.2. The number of carbonyl (C=O) groups excluding carboxylic acids is 1. The third-order valence-corrected chi connectivity index (χ3v) is 4.90. The van der Waals surface area contributed by atoms with Crippen LogP contribution >= 0.6 is 0 Å². The van der Waals surface area contributed by atoms with Gasteiger partial charge in [-0.3, -0.25) is 4.79 Å². The van der Waals surface area contributed by atoms with E-state index < -0.39 is 18.4 Å². The standard InChI is InChI=1S/C21H19F3N4O4/c1-2-18(30)26-11-16-19-17(31-15-9-13(29)10-15)7-8-25-20(19)28(27-16)12-3-5-14(6-4-12)32-21(22,23)24/h2-8,13,15,29H,1,9-11H2,(H,26,30)/t13-,15-. The molecule has 1 amide bonds. The Hall–Kier alpha value is -3.60. The summed E-state index contributed by atoms with van der Waals surface area (Å²) >= 11 is 0. The van der Waals surface area contributed by atoms with E-state index in [1.165, 1.54) is 35.1 Å². The Morgan fingerprint density at radius 2 is 2.00 bits per heavy atom. The lowest BCUT2D eigenvalue weighted by Gasteiger charge is -2.31. The lowest BCUT2D eigenvalue weighted by Crippen LogP contribution is -2.37. The molecule has 0 radical (unpaired) electrons. The van der Waals surface area contributed by atoms with Gasteiger partial charge in [0, 0.05) is 19.0 Å². The van der Waals surface area contributed by atoms with Gasteiger partial charge in [0.25, 0.3) is 0 Å². The number of fused-ring (bicyclic) bond motifs is 1. The number of ether oxygens (including phenoxy) is 2. The minimum Gasteiger partial charge on any atom is -0.489 e. The van der Waals surface area contributed by atoms with Crippen LogP contribution in [0, 0.1) is 0 Å². The van der Waals surface area contributed by atoms with E-state index in [0.29, 0.717) is 41.0 Å². The quantitative estimate of drug-likeness (QED) is 0.540. The first-order valence-electron chi connectivity index (χ1n) is 9.71. The second kappa shape index (κ2) is 8.50. The number of pyridine rings is 1. The number of nitrogens with zero attached hydrogens (tertiary/aromatic N) is 3. The van der Waals surface area contributed by atoms with Crippen molar-refractivity contribution in [2.45, 2.75) is 38.0 Å². The maximum Gasteiger partial charge on any atom is 0.573 e. The Kier molecular flexibility index (Phi) is 5.74. The van der Waals surface area contributed by atoms with Gasteiger partial charge in [0.2, 0.25) is 5.91 Å². The fourth-order valence-corrected chi connectivity index (χ4v) is 3.33. The number of halogens is 3. The molecular formula is C21H19F3N4O4. The molecule has 1 saturated carbocycles. The van der Waals surface area contributed by atoms with Crippen molar-refractivity contribution in [2.24, 2.45) is 0 Å². The van der Waals surface area contributed by atoms with Gasteiger partial charge in [-0.05, 0) is 36.4 Å². The van der Waals surface area contributed by atoms with Crippen molar-refractivity contribution in [3.8, 4) is 17.2 Å². The Morgan fingerprint density at radius 1 is 1.28 bits per heavy atom. The summed E-state index contributed by atoms with van der Waals surface area (Å²) in [5.74, 6) is -0.274. The number of rotatable bonds is 7. The molecule has 2 aromatic heterocycles. The molecule has 2 N–H and O–H groups in total. The Balaban J connectivity index is 1.72. The molecule has 0 spiro atoms. The molecule has 0 saturated heterocycles. The maximum absolute atomic E-state index is 12.4. The number of aliphatic hydroxyl groups is 1. The van der Waals surface area contributed by atoms with Crippen LogP contribution in [0.15, 0.2) is 49.2 Å². The van der Waals surface area contributed by atoms with Gasteiger partial charge in [0.1, 0.15) is 17.6 Å². The van der Waals surface area contributed by atoms with E-state index in [2.05, 4.69) is 26.7 Å². The van der Waals surface area contributed by atoms with Gasteiger partial charge in [-0.15, -0.1) is 13.2 Å². The zero-order chi connectivity index (χ0) is 22.9. The number of benzene rings is 1. The molecule has 2 heterocycles. The molecule has 0 unspecified atom stereocenters. The summed E-state index contributed by atoms with van der Waals surface area (Å²) in [5, 5.41) is 17.3. The maximum atomic E-state index is 12.4. The van der Waals surface area contributed by atoms with E-state index in [9.17, 15) is 23.1 Å². The average Bonchev–Trinajstić information content (AvgIpc) is 3.10. The van der Waals surface area contributed by atoms with Crippen LogP contribution in [-0.4, -0.2) is 44.3 Å². The monoisotopic (exact) mass is 448 g/mol. The first-order valence-corrected chi connectivity index (χ1v) is 9.71. The number of carbonyl (C=O) groups is 1. The van der Waals surface area contributed by atoms with E-state index in [1.54, 1.807) is 6.07 Å². The second-order valence-electron chi connectivity index (χ2n) is 7.19. The van der Waals surface area contributed by atoms with Crippen LogP contribution in [0.1, 0.15) is 18.5 Å². The fraction of sp³-hybridized carbons (Fsp3) is 0.286. The SMILES string of the molecule is C=CC(=O)NCc1nn(-c2ccc(OC(F)(F)F)cc2)c2nccc(O[C@H]3C[C@H](O)C3)c12. The molecule has 4 rings (SSSR count). The summed E-state index contributed by atoms with van der Waals surface area (Å²) in [6, 6.07) is 6.84. The third-order valence-electron chi connectivity index (χ3n) is 4.90. The van der Waals surface area contributed by atoms with E-state index in [1.807, 2.05) is 0 Å². The molecule has 0 aliphatic heterocycles. The molecule has 8 nitrogen and oxygen atoms in total. The van der Waals surface area contributed by atoms with Gasteiger partial charge in [-0.25, -0.2) is 9.67 Å². The highest BCUT2D eigenvalue weighted by molar-refractivity contribution is 5.89. The summed E-state index contributed by atoms with van der Waals surface area (Å²) in [7, 11) is 0. The summed E-state index contributed by atoms with van der Waals surface area (Å²) < 4.78 is 48.7. The van der Waals surface area contributed by atoms with Crippen LogP contribution in [0.5, 0.6) is 11.5 Å². The molecule has 11 heteroatoms. The number of amides is 1. The zero-order valence-electron chi connectivity index (χ0n) is 16.7. The van der Waals surface area contributed by atoms with Gasteiger partial charge in [0.15, 0.2) is 5.65 Å². The fourth-order valence-electron chi connectivity index (χ4n) is 3.33. The minimum atomic E-state index is -4.79. The highest BCUT2D eigenvalue weighted by atomic mass is 19.4. The molecule has 0 bridgehead atoms. The number of aromatic nitrogens is 3. The van der Waals surface area contributed by atoms with Crippen LogP contribution in [-0.2, 0) is 11.3 Å². The minimum absolute atomic E-state index is 0.0545. The van der Waals surface area contributed by atoms with Crippen LogP contribution in [0.25, 0.3) is 16.7 Å². The van der Waals surface area contributed by atoms with Crippen molar-refractivity contribution in [1.29, 1.82) is 0 Å². The van der Waals surface area contributed by atoms with Crippen molar-refractivity contribution in [3.05, 3.63) is 54.9 Å². The topological polar surface area (TPSA) is 98.5 Å². The van der Waals surface area contributed by atoms with Crippen LogP contribution < -0.4 is 14.8 Å². The van der Waals surface area contributed by atoms with E-state index in [0.717, 1.165) is 6.08 Å². The van der Waals surface area contributed by atoms with Gasteiger partial charge in [0.05, 0.1) is 29.4 Å². The molecule has 3 aromatic rings. The van der Waals surface area contributed by atoms with Crippen molar-refractivity contribution < 1.29 is 32.5 Å². The van der Waals surface area contributed by atoms with Gasteiger partial charge < -0.3 is 19.9 Å². The molecule has 1 aliphatic rings. The number of alkyl halides is 3. The molecule has 1 aromatic carbocycles. The van der Waals surface area contributed by atoms with E-state index >= 15 is 0 Å². The second-order valence-corrected chi connectivity index (χ2v) is 7.19. The Labute approximate surface area is 180 Å². The summed E-state index contributed by atoms with van der Waals surface area (Å²) in [6.07, 6.45) is -1.69. The van der Waals surface area contributed by atoms with Crippen LogP contribution in [0.2, 0.25) is 0 Å². The number of aliphatic hydroxyl groups excluding tert-OH is 1. The van der Waals surface area contributed by atoms with E-state index in [4.69, 9.17) is 4.74 Å². The summed E-state index contributed by atoms with van der Waals surface area (Å²) in [6.45, 7) is 3.47. The normalized spacial score (nSPS) is 18.1. The summed E-state index contributed by atoms with van der Waals surface area (Å²) in [4.78, 5) is 16.0. The predicted molar refractivity (Wildman–Crippen MR) is 107 cm³/mol. The largest absolute Gasteiger partial charge is 0.573 e. The summed E-state index contributed by atoms with van der Waals surface area (Å²) in [5.41, 5.74) is 1.29. The highest BCUT2D eigenvalue weighted by Gasteiger charge is 2.31. The molecular weight excluding hydrogens is 429 g/mol. The van der Waals surface area contributed by atoms with E-state index in [-0.39, 0.29) is 18.4 Å². The molecule has 1 fully saturated rings. The molecule has 1 aliphatic carbocycles. The zero-order valence-corrected chi connectivity index (χ0v) is 16.7. The van der Waals surface area contributed by atoms with Crippen molar-refractivity contribution in [2.75, 3.05) is 0 Å². The molecule has 32 heavy (non-hydrogen) atoms. The Morgan fingerprint density at radius 3 is 2.62 bits per heavy atom. The lowest BCUT2D eigenvalue weighted by molar-refractivity contribution is -0.274. The Bertz CT molecular complexity index is 1140. The average molecular weight is 448 g/mol. The third kappa shape index (κ3) is 4.67. The van der Waals surface area contributed by atoms with Gasteiger partial charge in [-0.2, -0.15) is 5.10 Å². The lowest BCUT2D eigenvalue weighted by atomic mass is 9.92. The van der Waals surface area contributed by atoms with Crippen molar-refractivity contribution in [1.82, 2.24) is 20.1 Å². The van der Waals surface area contributed by atoms with Gasteiger partial charge >= 0.3 is 6.36 Å². The molecule has 168 valence electrons. The molecule has 0 atom stereocenters. The smallest absolute Gasteiger partial charge is 0.489 e. The van der Waals surface area contributed by atoms with Crippen LogP contribution in [0.3, 0.4) is 0 Å². The number of hydrogen-bond donors (Lipinski definition) is 2. The predicted octanol–water partition coefficient (Wildman–Crippen LogP) is 3.02. The van der Waals surface area contributed by atoms with Crippen molar-refractivity contribution >= 4 is 16.9 Å². The highest BCUT2D eigenvalue weighted by Crippen LogP contribution is 2.34. The van der Waals surface area contributed by atoms with Crippen molar-refractivity contribution in [3.63, 3.8) is 0 Å². The van der Waals surface area contributed by atoms with Crippen LogP contribution in [0.4, 0.5) is 13.2 Å².